The predicted octanol–water partition coefficient (Wildman–Crippen LogP) is 5.98. The number of nitrogens with zero attached hydrogens (tertiary/aromatic N) is 1. The summed E-state index contributed by atoms with van der Waals surface area (Å²) in [5.74, 6) is 0.368. The van der Waals surface area contributed by atoms with Gasteiger partial charge in [0.25, 0.3) is 5.91 Å². The van der Waals surface area contributed by atoms with Crippen molar-refractivity contribution in [2.75, 3.05) is 5.32 Å². The summed E-state index contributed by atoms with van der Waals surface area (Å²) >= 11 is 11.8. The van der Waals surface area contributed by atoms with E-state index in [0.717, 1.165) is 5.56 Å². The van der Waals surface area contributed by atoms with Gasteiger partial charge < -0.3 is 9.73 Å². The number of nitrogens with one attached hydrogen (secondary N) is 1. The highest BCUT2D eigenvalue weighted by atomic mass is 35.5. The number of fused-ring (bicyclic) bond motifs is 1. The number of rotatable bonds is 4. The van der Waals surface area contributed by atoms with E-state index in [0.29, 0.717) is 44.7 Å². The van der Waals surface area contributed by atoms with Crippen LogP contribution in [0.5, 0.6) is 0 Å². The first-order valence-corrected chi connectivity index (χ1v) is 9.03. The lowest BCUT2D eigenvalue weighted by Crippen LogP contribution is -2.11. The zero-order valence-electron chi connectivity index (χ0n) is 14.1. The van der Waals surface area contributed by atoms with E-state index in [2.05, 4.69) is 10.3 Å². The highest BCUT2D eigenvalue weighted by Gasteiger charge is 2.10. The summed E-state index contributed by atoms with van der Waals surface area (Å²) in [5.41, 5.74) is 3.54. The Labute approximate surface area is 165 Å². The number of carbonyl (C=O) groups is 1. The first kappa shape index (κ1) is 17.6. The van der Waals surface area contributed by atoms with E-state index in [-0.39, 0.29) is 5.91 Å². The molecule has 1 aromatic heterocycles. The summed E-state index contributed by atoms with van der Waals surface area (Å²) in [6.45, 7) is 0. The van der Waals surface area contributed by atoms with Crippen molar-refractivity contribution in [2.24, 2.45) is 0 Å². The molecule has 0 aliphatic carbocycles. The van der Waals surface area contributed by atoms with E-state index >= 15 is 0 Å². The van der Waals surface area contributed by atoms with Gasteiger partial charge in [-0.05, 0) is 54.1 Å². The zero-order valence-corrected chi connectivity index (χ0v) is 15.6. The van der Waals surface area contributed by atoms with Crippen LogP contribution in [-0.2, 0) is 6.42 Å². The Kier molecular flexibility index (Phi) is 4.84. The fraction of sp³-hybridized carbons (Fsp3) is 0.0476. The lowest BCUT2D eigenvalue weighted by Gasteiger charge is -2.05. The molecule has 0 aliphatic rings. The molecule has 0 fully saturated rings. The molecule has 1 N–H and O–H groups in total. The van der Waals surface area contributed by atoms with Crippen LogP contribution >= 0.6 is 23.2 Å². The van der Waals surface area contributed by atoms with Gasteiger partial charge >= 0.3 is 0 Å². The second kappa shape index (κ2) is 7.43. The summed E-state index contributed by atoms with van der Waals surface area (Å²) in [5, 5.41) is 4.06. The van der Waals surface area contributed by atoms with E-state index in [9.17, 15) is 4.79 Å². The van der Waals surface area contributed by atoms with Crippen molar-refractivity contribution >= 4 is 45.9 Å². The maximum absolute atomic E-state index is 12.4. The monoisotopic (exact) mass is 396 g/mol. The largest absolute Gasteiger partial charge is 0.440 e. The summed E-state index contributed by atoms with van der Waals surface area (Å²) in [7, 11) is 0. The topological polar surface area (TPSA) is 55.1 Å². The summed E-state index contributed by atoms with van der Waals surface area (Å²) < 4.78 is 5.79. The Morgan fingerprint density at radius 1 is 0.963 bits per heavy atom. The lowest BCUT2D eigenvalue weighted by atomic mass is 10.1. The SMILES string of the molecule is O=C(Nc1ccc2oc(Cc3ccc(Cl)cc3)nc2c1)c1cccc(Cl)c1. The molecule has 0 saturated carbocycles. The molecule has 3 aromatic carbocycles. The average Bonchev–Trinajstić information content (AvgIpc) is 3.05. The van der Waals surface area contributed by atoms with Crippen LogP contribution in [0.3, 0.4) is 0 Å². The Morgan fingerprint density at radius 2 is 1.78 bits per heavy atom. The van der Waals surface area contributed by atoms with Gasteiger partial charge in [0.15, 0.2) is 11.5 Å². The summed E-state index contributed by atoms with van der Waals surface area (Å²) in [6.07, 6.45) is 0.566. The predicted molar refractivity (Wildman–Crippen MR) is 108 cm³/mol. The number of hydrogen-bond donors (Lipinski definition) is 1. The van der Waals surface area contributed by atoms with Crippen LogP contribution in [0.15, 0.2) is 71.1 Å². The van der Waals surface area contributed by atoms with Gasteiger partial charge in [-0.15, -0.1) is 0 Å². The minimum Gasteiger partial charge on any atom is -0.440 e. The molecule has 4 rings (SSSR count). The van der Waals surface area contributed by atoms with Gasteiger partial charge in [-0.3, -0.25) is 4.79 Å². The van der Waals surface area contributed by atoms with E-state index in [1.54, 1.807) is 42.5 Å². The summed E-state index contributed by atoms with van der Waals surface area (Å²) in [4.78, 5) is 16.9. The highest BCUT2D eigenvalue weighted by Crippen LogP contribution is 2.23. The quantitative estimate of drug-likeness (QED) is 0.461. The number of anilines is 1. The van der Waals surface area contributed by atoms with Gasteiger partial charge in [0.05, 0.1) is 0 Å². The maximum atomic E-state index is 12.4. The lowest BCUT2D eigenvalue weighted by molar-refractivity contribution is 0.102. The minimum absolute atomic E-state index is 0.235. The molecule has 6 heteroatoms. The Bertz CT molecular complexity index is 1120. The third-order valence-corrected chi connectivity index (χ3v) is 4.53. The number of aromatic nitrogens is 1. The molecule has 0 radical (unpaired) electrons. The van der Waals surface area contributed by atoms with Gasteiger partial charge in [0, 0.05) is 27.7 Å². The van der Waals surface area contributed by atoms with Crippen LogP contribution in [0, 0.1) is 0 Å². The van der Waals surface area contributed by atoms with E-state index in [1.807, 2.05) is 24.3 Å². The normalized spacial score (nSPS) is 10.9. The van der Waals surface area contributed by atoms with Crippen LogP contribution in [0.4, 0.5) is 5.69 Å². The molecular formula is C21H14Cl2N2O2. The number of halogens is 2. The van der Waals surface area contributed by atoms with Gasteiger partial charge in [-0.25, -0.2) is 4.98 Å². The van der Waals surface area contributed by atoms with Crippen molar-refractivity contribution in [1.82, 2.24) is 4.98 Å². The molecule has 0 bridgehead atoms. The first-order valence-electron chi connectivity index (χ1n) is 8.28. The average molecular weight is 397 g/mol. The third-order valence-electron chi connectivity index (χ3n) is 4.05. The fourth-order valence-corrected chi connectivity index (χ4v) is 3.05. The molecule has 0 atom stereocenters. The Morgan fingerprint density at radius 3 is 2.56 bits per heavy atom. The molecule has 0 aliphatic heterocycles. The molecule has 0 spiro atoms. The number of hydrogen-bond acceptors (Lipinski definition) is 3. The van der Waals surface area contributed by atoms with Gasteiger partial charge in [0.1, 0.15) is 5.52 Å². The van der Waals surface area contributed by atoms with Crippen LogP contribution in [0.25, 0.3) is 11.1 Å². The molecule has 134 valence electrons. The Hall–Kier alpha value is -2.82. The second-order valence-electron chi connectivity index (χ2n) is 6.06. The van der Waals surface area contributed by atoms with E-state index < -0.39 is 0 Å². The molecule has 4 aromatic rings. The van der Waals surface area contributed by atoms with Crippen molar-refractivity contribution in [1.29, 1.82) is 0 Å². The standard InChI is InChI=1S/C21H14Cl2N2O2/c22-15-6-4-13(5-7-15)10-20-25-18-12-17(8-9-19(18)27-20)24-21(26)14-2-1-3-16(23)11-14/h1-9,11-12H,10H2,(H,24,26). The van der Waals surface area contributed by atoms with Crippen molar-refractivity contribution < 1.29 is 9.21 Å². The zero-order chi connectivity index (χ0) is 18.8. The third kappa shape index (κ3) is 4.13. The van der Waals surface area contributed by atoms with E-state index in [1.165, 1.54) is 0 Å². The molecule has 4 nitrogen and oxygen atoms in total. The molecule has 0 saturated heterocycles. The molecule has 0 unspecified atom stereocenters. The van der Waals surface area contributed by atoms with Gasteiger partial charge in [-0.1, -0.05) is 41.4 Å². The van der Waals surface area contributed by atoms with Crippen molar-refractivity contribution in [3.05, 3.63) is 93.8 Å². The second-order valence-corrected chi connectivity index (χ2v) is 6.93. The van der Waals surface area contributed by atoms with Crippen LogP contribution < -0.4 is 5.32 Å². The van der Waals surface area contributed by atoms with Crippen molar-refractivity contribution in [3.63, 3.8) is 0 Å². The first-order chi connectivity index (χ1) is 13.1. The van der Waals surface area contributed by atoms with Crippen LogP contribution in [0.1, 0.15) is 21.8 Å². The number of carbonyl (C=O) groups excluding carboxylic acids is 1. The molecular weight excluding hydrogens is 383 g/mol. The fourth-order valence-electron chi connectivity index (χ4n) is 2.74. The van der Waals surface area contributed by atoms with Gasteiger partial charge in [-0.2, -0.15) is 0 Å². The van der Waals surface area contributed by atoms with E-state index in [4.69, 9.17) is 27.6 Å². The minimum atomic E-state index is -0.235. The smallest absolute Gasteiger partial charge is 0.255 e. The van der Waals surface area contributed by atoms with Gasteiger partial charge in [0.2, 0.25) is 0 Å². The summed E-state index contributed by atoms with van der Waals surface area (Å²) in [6, 6.07) is 19.7. The number of oxazole rings is 1. The molecule has 27 heavy (non-hydrogen) atoms. The van der Waals surface area contributed by atoms with Crippen molar-refractivity contribution in [3.8, 4) is 0 Å². The molecule has 1 heterocycles. The molecule has 1 amide bonds. The maximum Gasteiger partial charge on any atom is 0.255 e. The van der Waals surface area contributed by atoms with Crippen LogP contribution in [0.2, 0.25) is 10.0 Å². The Balaban J connectivity index is 1.53. The highest BCUT2D eigenvalue weighted by molar-refractivity contribution is 6.31. The number of amides is 1. The van der Waals surface area contributed by atoms with Crippen molar-refractivity contribution in [2.45, 2.75) is 6.42 Å². The van der Waals surface area contributed by atoms with Crippen LogP contribution in [-0.4, -0.2) is 10.9 Å². The number of benzene rings is 3.